The highest BCUT2D eigenvalue weighted by Crippen LogP contribution is 2.38. The Morgan fingerprint density at radius 2 is 1.65 bits per heavy atom. The van der Waals surface area contributed by atoms with Gasteiger partial charge in [-0.25, -0.2) is 9.38 Å². The molecule has 0 saturated carbocycles. The molecule has 2 atom stereocenters. The number of quaternary nitrogens is 1. The Hall–Kier alpha value is -3.68. The van der Waals surface area contributed by atoms with Crippen molar-refractivity contribution in [2.75, 3.05) is 19.7 Å². The molecule has 5 rings (SSSR count). The lowest BCUT2D eigenvalue weighted by Gasteiger charge is -2.32. The number of aliphatic imine (C=N–C) groups is 1. The Kier molecular flexibility index (Phi) is 9.14. The van der Waals surface area contributed by atoms with E-state index in [0.717, 1.165) is 56.3 Å². The standard InChI is InChI=1S/C33H37FN2O4/c34-28-16-15-27(23-29(28)37)40-30-18-21-35-20-17-24(30)9-7-8-14-32-36-31(19-22-39-32)33(38,25-10-3-1-4-11-25)26-12-5-2-6-13-26/h1-6,10-13,15-16,19,23-24,30,35,37-38H,7-9,14,17-18,20-22H2/p+1. The summed E-state index contributed by atoms with van der Waals surface area (Å²) in [6.07, 6.45) is 7.42. The van der Waals surface area contributed by atoms with Crippen LogP contribution in [-0.2, 0) is 10.3 Å². The molecule has 0 aliphatic carbocycles. The first-order valence-electron chi connectivity index (χ1n) is 14.3. The van der Waals surface area contributed by atoms with Crippen LogP contribution in [0.5, 0.6) is 11.5 Å². The van der Waals surface area contributed by atoms with Crippen molar-refractivity contribution in [3.8, 4) is 11.5 Å². The highest BCUT2D eigenvalue weighted by atomic mass is 19.1. The minimum Gasteiger partial charge on any atom is -0.505 e. The van der Waals surface area contributed by atoms with Gasteiger partial charge in [0.1, 0.15) is 18.5 Å². The number of halogens is 1. The van der Waals surface area contributed by atoms with Crippen LogP contribution in [0.15, 0.2) is 95.6 Å². The van der Waals surface area contributed by atoms with Gasteiger partial charge in [-0.1, -0.05) is 67.1 Å². The van der Waals surface area contributed by atoms with E-state index in [9.17, 15) is 14.6 Å². The van der Waals surface area contributed by atoms with Gasteiger partial charge in [-0.15, -0.1) is 0 Å². The Labute approximate surface area is 235 Å². The molecule has 40 heavy (non-hydrogen) atoms. The molecule has 3 aromatic carbocycles. The second-order valence-corrected chi connectivity index (χ2v) is 10.6. The van der Waals surface area contributed by atoms with Gasteiger partial charge in [0, 0.05) is 31.2 Å². The topological polar surface area (TPSA) is 87.9 Å². The number of ether oxygens (including phenoxy) is 2. The normalized spacial score (nSPS) is 19.6. The van der Waals surface area contributed by atoms with Crippen LogP contribution in [0.1, 0.15) is 49.7 Å². The monoisotopic (exact) mass is 545 g/mol. The van der Waals surface area contributed by atoms with Gasteiger partial charge in [0.15, 0.2) is 23.1 Å². The number of aromatic hydroxyl groups is 1. The van der Waals surface area contributed by atoms with Crippen LogP contribution < -0.4 is 10.1 Å². The lowest BCUT2D eigenvalue weighted by atomic mass is 9.83. The molecule has 4 N–H and O–H groups in total. The van der Waals surface area contributed by atoms with Crippen LogP contribution in [-0.4, -0.2) is 41.9 Å². The van der Waals surface area contributed by atoms with Gasteiger partial charge in [-0.2, -0.15) is 0 Å². The number of benzene rings is 3. The average molecular weight is 546 g/mol. The van der Waals surface area contributed by atoms with Crippen LogP contribution in [0.25, 0.3) is 0 Å². The third kappa shape index (κ3) is 6.54. The van der Waals surface area contributed by atoms with Crippen LogP contribution in [0.4, 0.5) is 4.39 Å². The fraction of sp³-hybridized carbons (Fsp3) is 0.364. The summed E-state index contributed by atoms with van der Waals surface area (Å²) < 4.78 is 25.6. The van der Waals surface area contributed by atoms with E-state index in [-0.39, 0.29) is 11.9 Å². The predicted molar refractivity (Wildman–Crippen MR) is 153 cm³/mol. The van der Waals surface area contributed by atoms with E-state index >= 15 is 0 Å². The molecule has 2 unspecified atom stereocenters. The van der Waals surface area contributed by atoms with Gasteiger partial charge in [-0.3, -0.25) is 0 Å². The minimum atomic E-state index is -1.37. The molecule has 2 aliphatic rings. The minimum absolute atomic E-state index is 0.0215. The molecule has 6 nitrogen and oxygen atoms in total. The van der Waals surface area contributed by atoms with Crippen molar-refractivity contribution in [2.45, 2.75) is 50.2 Å². The molecule has 0 amide bonds. The quantitative estimate of drug-likeness (QED) is 0.311. The molecule has 2 aliphatic heterocycles. The predicted octanol–water partition coefficient (Wildman–Crippen LogP) is 5.06. The Bertz CT molecular complexity index is 1270. The summed E-state index contributed by atoms with van der Waals surface area (Å²) in [5, 5.41) is 24.1. The van der Waals surface area contributed by atoms with E-state index in [1.165, 1.54) is 12.1 Å². The maximum atomic E-state index is 13.5. The summed E-state index contributed by atoms with van der Waals surface area (Å²) in [6, 6.07) is 23.5. The molecule has 0 radical (unpaired) electrons. The molecule has 0 spiro atoms. The summed E-state index contributed by atoms with van der Waals surface area (Å²) in [4.78, 5) is 4.81. The molecule has 210 valence electrons. The Morgan fingerprint density at radius 1 is 0.950 bits per heavy atom. The molecular weight excluding hydrogens is 507 g/mol. The van der Waals surface area contributed by atoms with Crippen molar-refractivity contribution in [1.29, 1.82) is 0 Å². The number of hydrogen-bond donors (Lipinski definition) is 3. The molecule has 7 heteroatoms. The van der Waals surface area contributed by atoms with Crippen LogP contribution in [0.2, 0.25) is 0 Å². The first-order valence-corrected chi connectivity index (χ1v) is 14.3. The Balaban J connectivity index is 1.22. The summed E-state index contributed by atoms with van der Waals surface area (Å²) in [5.41, 5.74) is 0.751. The third-order valence-electron chi connectivity index (χ3n) is 7.87. The number of unbranched alkanes of at least 4 members (excludes halogenated alkanes) is 1. The number of rotatable bonds is 10. The molecule has 1 saturated heterocycles. The SMILES string of the molecule is Oc1cc(OC2CC[NH2+]CCC2CCCCC2=NC(C(O)(c3ccccc3)c3ccccc3)=CCO2)ccc1F. The molecule has 2 heterocycles. The number of phenols is 1. The molecular formula is C33H38FN2O4+. The van der Waals surface area contributed by atoms with E-state index in [2.05, 4.69) is 5.32 Å². The van der Waals surface area contributed by atoms with Crippen LogP contribution in [0, 0.1) is 11.7 Å². The summed E-state index contributed by atoms with van der Waals surface area (Å²) >= 11 is 0. The first kappa shape index (κ1) is 27.9. The van der Waals surface area contributed by atoms with Gasteiger partial charge >= 0.3 is 0 Å². The third-order valence-corrected chi connectivity index (χ3v) is 7.87. The largest absolute Gasteiger partial charge is 0.505 e. The zero-order valence-electron chi connectivity index (χ0n) is 22.7. The van der Waals surface area contributed by atoms with Gasteiger partial charge in [0.2, 0.25) is 0 Å². The van der Waals surface area contributed by atoms with Crippen molar-refractivity contribution >= 4 is 5.90 Å². The molecule has 1 fully saturated rings. The first-order chi connectivity index (χ1) is 19.5. The van der Waals surface area contributed by atoms with E-state index in [4.69, 9.17) is 14.5 Å². The number of nitrogens with zero attached hydrogens (tertiary/aromatic N) is 1. The molecule has 0 aromatic heterocycles. The Morgan fingerprint density at radius 3 is 2.35 bits per heavy atom. The highest BCUT2D eigenvalue weighted by Gasteiger charge is 2.37. The lowest BCUT2D eigenvalue weighted by Crippen LogP contribution is -2.84. The fourth-order valence-electron chi connectivity index (χ4n) is 5.70. The van der Waals surface area contributed by atoms with Crippen molar-refractivity contribution < 1.29 is 29.4 Å². The van der Waals surface area contributed by atoms with Gasteiger partial charge < -0.3 is 25.0 Å². The average Bonchev–Trinajstić information content (AvgIpc) is 3.22. The van der Waals surface area contributed by atoms with Crippen molar-refractivity contribution in [1.82, 2.24) is 0 Å². The number of nitrogens with two attached hydrogens (primary N) is 1. The van der Waals surface area contributed by atoms with Gasteiger partial charge in [0.05, 0.1) is 18.8 Å². The summed E-state index contributed by atoms with van der Waals surface area (Å²) in [6.45, 7) is 2.41. The maximum Gasteiger partial charge on any atom is 0.188 e. The van der Waals surface area contributed by atoms with Gasteiger partial charge in [0.25, 0.3) is 0 Å². The fourth-order valence-corrected chi connectivity index (χ4v) is 5.70. The van der Waals surface area contributed by atoms with Crippen molar-refractivity contribution in [2.24, 2.45) is 10.9 Å². The maximum absolute atomic E-state index is 13.5. The van der Waals surface area contributed by atoms with Gasteiger partial charge in [-0.05, 0) is 42.2 Å². The zero-order valence-corrected chi connectivity index (χ0v) is 22.7. The summed E-state index contributed by atoms with van der Waals surface area (Å²) in [7, 11) is 0. The van der Waals surface area contributed by atoms with Crippen LogP contribution in [0.3, 0.4) is 0 Å². The lowest BCUT2D eigenvalue weighted by molar-refractivity contribution is -0.653. The van der Waals surface area contributed by atoms with E-state index in [1.54, 1.807) is 6.07 Å². The van der Waals surface area contributed by atoms with Crippen LogP contribution >= 0.6 is 0 Å². The second kappa shape index (κ2) is 13.1. The smallest absolute Gasteiger partial charge is 0.188 e. The zero-order chi connectivity index (χ0) is 27.8. The number of phenolic OH excluding ortho intramolecular Hbond substituents is 1. The van der Waals surface area contributed by atoms with E-state index < -0.39 is 11.4 Å². The molecule has 3 aromatic rings. The molecule has 0 bridgehead atoms. The highest BCUT2D eigenvalue weighted by molar-refractivity contribution is 5.78. The van der Waals surface area contributed by atoms with Crippen molar-refractivity contribution in [3.63, 3.8) is 0 Å². The van der Waals surface area contributed by atoms with Crippen molar-refractivity contribution in [3.05, 3.63) is 108 Å². The van der Waals surface area contributed by atoms with E-state index in [0.29, 0.717) is 36.3 Å². The number of aliphatic hydroxyl groups is 1. The summed E-state index contributed by atoms with van der Waals surface area (Å²) in [5.74, 6) is 0.491. The van der Waals surface area contributed by atoms with E-state index in [1.807, 2.05) is 66.7 Å². The second-order valence-electron chi connectivity index (χ2n) is 10.6. The number of hydrogen-bond acceptors (Lipinski definition) is 5.